The monoisotopic (exact) mass is 353 g/mol. The van der Waals surface area contributed by atoms with Crippen LogP contribution >= 0.6 is 0 Å². The molecule has 0 aliphatic carbocycles. The first kappa shape index (κ1) is 19.9. The average Bonchev–Trinajstić information content (AvgIpc) is 2.49. The van der Waals surface area contributed by atoms with Crippen molar-refractivity contribution in [3.05, 3.63) is 42.5 Å². The van der Waals surface area contributed by atoms with Crippen LogP contribution in [0.4, 0.5) is 0 Å². The highest BCUT2D eigenvalue weighted by Crippen LogP contribution is 2.11. The summed E-state index contributed by atoms with van der Waals surface area (Å²) >= 11 is 0. The zero-order valence-corrected chi connectivity index (χ0v) is 14.9. The Hall–Kier alpha value is -2.19. The molecule has 0 fully saturated rings. The molecule has 0 aliphatic heterocycles. The molecular formula is C16H23N3O4S. The molecule has 2 amide bonds. The van der Waals surface area contributed by atoms with Crippen molar-refractivity contribution < 1.29 is 18.0 Å². The number of carbonyl (C=O) groups excluding carboxylic acids is 2. The van der Waals surface area contributed by atoms with Gasteiger partial charge >= 0.3 is 0 Å². The maximum Gasteiger partial charge on any atom is 0.251 e. The summed E-state index contributed by atoms with van der Waals surface area (Å²) < 4.78 is 26.4. The molecule has 24 heavy (non-hydrogen) atoms. The van der Waals surface area contributed by atoms with E-state index in [1.165, 1.54) is 30.3 Å². The molecule has 0 heterocycles. The molecule has 8 heteroatoms. The maximum absolute atomic E-state index is 12.1. The van der Waals surface area contributed by atoms with Gasteiger partial charge in [-0.25, -0.2) is 13.1 Å². The molecule has 0 unspecified atom stereocenters. The summed E-state index contributed by atoms with van der Waals surface area (Å²) in [6.07, 6.45) is 1.42. The number of benzene rings is 1. The highest BCUT2D eigenvalue weighted by Gasteiger charge is 2.17. The van der Waals surface area contributed by atoms with Gasteiger partial charge in [-0.15, -0.1) is 6.58 Å². The van der Waals surface area contributed by atoms with Crippen LogP contribution in [0.15, 0.2) is 41.8 Å². The van der Waals surface area contributed by atoms with Crippen LogP contribution in [0.5, 0.6) is 0 Å². The van der Waals surface area contributed by atoms with Crippen molar-refractivity contribution in [3.63, 3.8) is 0 Å². The highest BCUT2D eigenvalue weighted by atomic mass is 32.2. The highest BCUT2D eigenvalue weighted by molar-refractivity contribution is 7.89. The van der Waals surface area contributed by atoms with Crippen molar-refractivity contribution in [1.29, 1.82) is 0 Å². The molecule has 0 saturated carbocycles. The van der Waals surface area contributed by atoms with Crippen molar-refractivity contribution in [1.82, 2.24) is 15.4 Å². The number of carbonyl (C=O) groups is 2. The Labute approximate surface area is 142 Å². The first-order valence-corrected chi connectivity index (χ1v) is 8.83. The van der Waals surface area contributed by atoms with Crippen molar-refractivity contribution in [2.45, 2.75) is 31.2 Å². The minimum absolute atomic E-state index is 0.0313. The number of sulfonamides is 1. The number of nitrogens with one attached hydrogen (secondary N) is 3. The molecule has 7 nitrogen and oxygen atoms in total. The Morgan fingerprint density at radius 2 is 1.92 bits per heavy atom. The molecule has 1 aromatic rings. The molecule has 132 valence electrons. The van der Waals surface area contributed by atoms with Gasteiger partial charge in [-0.1, -0.05) is 12.1 Å². The molecule has 3 N–H and O–H groups in total. The van der Waals surface area contributed by atoms with E-state index in [1.807, 2.05) is 20.8 Å². The SMILES string of the molecule is C=CCNS(=O)(=O)c1cccc(C(=O)NCC(=O)NC(C)(C)C)c1. The van der Waals surface area contributed by atoms with Crippen molar-refractivity contribution >= 4 is 21.8 Å². The van der Waals surface area contributed by atoms with Crippen LogP contribution in [0.25, 0.3) is 0 Å². The summed E-state index contributed by atoms with van der Waals surface area (Å²) in [7, 11) is -3.71. The fourth-order valence-electron chi connectivity index (χ4n) is 1.78. The van der Waals surface area contributed by atoms with Crippen molar-refractivity contribution in [2.24, 2.45) is 0 Å². The molecular weight excluding hydrogens is 330 g/mol. The van der Waals surface area contributed by atoms with Gasteiger partial charge in [0, 0.05) is 17.6 Å². The fraction of sp³-hybridized carbons (Fsp3) is 0.375. The summed E-state index contributed by atoms with van der Waals surface area (Å²) in [4.78, 5) is 23.8. The lowest BCUT2D eigenvalue weighted by Gasteiger charge is -2.20. The van der Waals surface area contributed by atoms with E-state index < -0.39 is 21.5 Å². The van der Waals surface area contributed by atoms with Gasteiger partial charge in [0.25, 0.3) is 5.91 Å². The fourth-order valence-corrected chi connectivity index (χ4v) is 2.83. The van der Waals surface area contributed by atoms with E-state index in [0.717, 1.165) is 0 Å². The van der Waals surface area contributed by atoms with Gasteiger partial charge in [0.15, 0.2) is 0 Å². The van der Waals surface area contributed by atoms with E-state index in [0.29, 0.717) is 0 Å². The molecule has 0 aliphatic rings. The first-order valence-electron chi connectivity index (χ1n) is 7.35. The minimum Gasteiger partial charge on any atom is -0.350 e. The smallest absolute Gasteiger partial charge is 0.251 e. The third-order valence-corrected chi connectivity index (χ3v) is 4.17. The number of hydrogen-bond donors (Lipinski definition) is 3. The molecule has 1 rings (SSSR count). The van der Waals surface area contributed by atoms with Crippen LogP contribution < -0.4 is 15.4 Å². The lowest BCUT2D eigenvalue weighted by molar-refractivity contribution is -0.121. The molecule has 0 saturated heterocycles. The third-order valence-electron chi connectivity index (χ3n) is 2.75. The van der Waals surface area contributed by atoms with Gasteiger partial charge in [0.2, 0.25) is 15.9 Å². The minimum atomic E-state index is -3.71. The van der Waals surface area contributed by atoms with Crippen LogP contribution in [-0.2, 0) is 14.8 Å². The normalized spacial score (nSPS) is 11.6. The topological polar surface area (TPSA) is 104 Å². The van der Waals surface area contributed by atoms with Crippen LogP contribution in [0.2, 0.25) is 0 Å². The third kappa shape index (κ3) is 6.51. The first-order chi connectivity index (χ1) is 11.0. The Morgan fingerprint density at radius 3 is 2.50 bits per heavy atom. The second-order valence-electron chi connectivity index (χ2n) is 6.15. The van der Waals surface area contributed by atoms with E-state index in [2.05, 4.69) is 21.9 Å². The van der Waals surface area contributed by atoms with Gasteiger partial charge in [-0.2, -0.15) is 0 Å². The van der Waals surface area contributed by atoms with Gasteiger partial charge in [0.1, 0.15) is 0 Å². The van der Waals surface area contributed by atoms with E-state index >= 15 is 0 Å². The van der Waals surface area contributed by atoms with Crippen molar-refractivity contribution in [3.8, 4) is 0 Å². The molecule has 0 radical (unpaired) electrons. The second kappa shape index (κ2) is 8.07. The quantitative estimate of drug-likeness (QED) is 0.631. The summed E-state index contributed by atoms with van der Waals surface area (Å²) in [5.41, 5.74) is -0.243. The van der Waals surface area contributed by atoms with E-state index in [4.69, 9.17) is 0 Å². The molecule has 1 aromatic carbocycles. The Morgan fingerprint density at radius 1 is 1.25 bits per heavy atom. The predicted molar refractivity (Wildman–Crippen MR) is 92.1 cm³/mol. The summed E-state index contributed by atoms with van der Waals surface area (Å²) in [5.74, 6) is -0.855. The van der Waals surface area contributed by atoms with E-state index in [1.54, 1.807) is 0 Å². The lowest BCUT2D eigenvalue weighted by atomic mass is 10.1. The van der Waals surface area contributed by atoms with Gasteiger partial charge < -0.3 is 10.6 Å². The summed E-state index contributed by atoms with van der Waals surface area (Å²) in [6.45, 7) is 8.83. The second-order valence-corrected chi connectivity index (χ2v) is 7.92. The summed E-state index contributed by atoms with van der Waals surface area (Å²) in [6, 6.07) is 5.58. The Balaban J connectivity index is 2.77. The number of amides is 2. The van der Waals surface area contributed by atoms with Crippen LogP contribution in [-0.4, -0.2) is 38.9 Å². The van der Waals surface area contributed by atoms with Crippen molar-refractivity contribution in [2.75, 3.05) is 13.1 Å². The van der Waals surface area contributed by atoms with Gasteiger partial charge in [-0.3, -0.25) is 9.59 Å². The number of rotatable bonds is 7. The molecule has 0 atom stereocenters. The largest absolute Gasteiger partial charge is 0.350 e. The average molecular weight is 353 g/mol. The standard InChI is InChI=1S/C16H23N3O4S/c1-5-9-18-24(22,23)13-8-6-7-12(10-13)15(21)17-11-14(20)19-16(2,3)4/h5-8,10,18H,1,9,11H2,2-4H3,(H,17,21)(H,19,20). The van der Waals surface area contributed by atoms with E-state index in [-0.39, 0.29) is 29.5 Å². The van der Waals surface area contributed by atoms with Crippen LogP contribution in [0.1, 0.15) is 31.1 Å². The number of hydrogen-bond acceptors (Lipinski definition) is 4. The predicted octanol–water partition coefficient (Wildman–Crippen LogP) is 0.795. The van der Waals surface area contributed by atoms with Gasteiger partial charge in [-0.05, 0) is 39.0 Å². The zero-order valence-electron chi connectivity index (χ0n) is 14.0. The van der Waals surface area contributed by atoms with Crippen LogP contribution in [0.3, 0.4) is 0 Å². The van der Waals surface area contributed by atoms with Crippen LogP contribution in [0, 0.1) is 0 Å². The Kier molecular flexibility index (Phi) is 6.68. The zero-order chi connectivity index (χ0) is 18.4. The lowest BCUT2D eigenvalue weighted by Crippen LogP contribution is -2.45. The van der Waals surface area contributed by atoms with Gasteiger partial charge in [0.05, 0.1) is 11.4 Å². The molecule has 0 bridgehead atoms. The maximum atomic E-state index is 12.1. The summed E-state index contributed by atoms with van der Waals surface area (Å²) in [5, 5.41) is 5.18. The molecule has 0 aromatic heterocycles. The molecule has 0 spiro atoms. The Bertz CT molecular complexity index is 721. The van der Waals surface area contributed by atoms with E-state index in [9.17, 15) is 18.0 Å².